The van der Waals surface area contributed by atoms with Crippen LogP contribution in [0.4, 0.5) is 11.5 Å². The normalized spacial score (nSPS) is 15.0. The van der Waals surface area contributed by atoms with Crippen LogP contribution in [0, 0.1) is 11.3 Å². The number of halogens is 1. The number of fused-ring (bicyclic) bond motifs is 1. The summed E-state index contributed by atoms with van der Waals surface area (Å²) < 4.78 is 0. The Kier molecular flexibility index (Phi) is 6.55. The van der Waals surface area contributed by atoms with E-state index in [2.05, 4.69) is 48.4 Å². The molecule has 1 fully saturated rings. The first-order valence-corrected chi connectivity index (χ1v) is 11.6. The lowest BCUT2D eigenvalue weighted by Gasteiger charge is -2.38. The van der Waals surface area contributed by atoms with Crippen LogP contribution >= 0.6 is 11.6 Å². The van der Waals surface area contributed by atoms with Gasteiger partial charge in [0.1, 0.15) is 17.5 Å². The fourth-order valence-electron chi connectivity index (χ4n) is 4.40. The molecule has 2 aromatic carbocycles. The molecular weight excluding hydrogens is 418 g/mol. The standard InChI is InChI=1S/C26H30ClN5/c1-26(2,3)31-20-12-14-32(15-13-20)24-21-6-4-5-7-23(21)30-25(22(24)16-28)29-17-18-8-10-19(27)11-9-18/h4-11,20,31H,12-15,17H2,1-3H3,(H,29,30). The Morgan fingerprint density at radius 2 is 1.78 bits per heavy atom. The molecule has 0 bridgehead atoms. The Balaban J connectivity index is 1.64. The largest absolute Gasteiger partial charge is 0.370 e. The van der Waals surface area contributed by atoms with Crippen LogP contribution in [0.25, 0.3) is 10.9 Å². The van der Waals surface area contributed by atoms with Crippen molar-refractivity contribution in [1.82, 2.24) is 10.3 Å². The van der Waals surface area contributed by atoms with E-state index in [1.54, 1.807) is 0 Å². The smallest absolute Gasteiger partial charge is 0.147 e. The van der Waals surface area contributed by atoms with Crippen molar-refractivity contribution in [3.05, 3.63) is 64.7 Å². The molecule has 0 spiro atoms. The molecule has 32 heavy (non-hydrogen) atoms. The first kappa shape index (κ1) is 22.4. The zero-order valence-electron chi connectivity index (χ0n) is 19.0. The summed E-state index contributed by atoms with van der Waals surface area (Å²) in [6.07, 6.45) is 2.10. The van der Waals surface area contributed by atoms with Gasteiger partial charge < -0.3 is 15.5 Å². The minimum Gasteiger partial charge on any atom is -0.370 e. The molecule has 0 unspecified atom stereocenters. The van der Waals surface area contributed by atoms with E-state index in [0.29, 0.717) is 29.0 Å². The maximum atomic E-state index is 10.1. The second-order valence-corrected chi connectivity index (χ2v) is 9.89. The second kappa shape index (κ2) is 9.36. The first-order valence-electron chi connectivity index (χ1n) is 11.2. The van der Waals surface area contributed by atoms with Crippen LogP contribution in [-0.4, -0.2) is 29.7 Å². The molecule has 2 heterocycles. The quantitative estimate of drug-likeness (QED) is 0.523. The number of pyridine rings is 1. The molecule has 0 atom stereocenters. The van der Waals surface area contributed by atoms with Crippen molar-refractivity contribution in [3.8, 4) is 6.07 Å². The van der Waals surface area contributed by atoms with E-state index >= 15 is 0 Å². The highest BCUT2D eigenvalue weighted by Crippen LogP contribution is 2.35. The van der Waals surface area contributed by atoms with Gasteiger partial charge in [-0.25, -0.2) is 4.98 Å². The van der Waals surface area contributed by atoms with E-state index in [9.17, 15) is 5.26 Å². The molecule has 0 radical (unpaired) electrons. The van der Waals surface area contributed by atoms with Crippen LogP contribution in [0.2, 0.25) is 5.02 Å². The Labute approximate surface area is 195 Å². The van der Waals surface area contributed by atoms with Gasteiger partial charge in [-0.2, -0.15) is 5.26 Å². The van der Waals surface area contributed by atoms with Crippen LogP contribution in [0.15, 0.2) is 48.5 Å². The van der Waals surface area contributed by atoms with Gasteiger partial charge in [0.15, 0.2) is 0 Å². The lowest BCUT2D eigenvalue weighted by molar-refractivity contribution is 0.317. The average molecular weight is 448 g/mol. The number of hydrogen-bond donors (Lipinski definition) is 2. The fraction of sp³-hybridized carbons (Fsp3) is 0.385. The third kappa shape index (κ3) is 5.15. The molecule has 0 amide bonds. The summed E-state index contributed by atoms with van der Waals surface area (Å²) in [6, 6.07) is 18.7. The Hall–Kier alpha value is -2.81. The number of nitrogens with one attached hydrogen (secondary N) is 2. The number of benzene rings is 2. The zero-order chi connectivity index (χ0) is 22.7. The molecule has 6 heteroatoms. The van der Waals surface area contributed by atoms with Crippen LogP contribution in [-0.2, 0) is 6.54 Å². The number of nitrogens with zero attached hydrogens (tertiary/aromatic N) is 3. The van der Waals surface area contributed by atoms with Gasteiger partial charge in [0, 0.05) is 41.6 Å². The van der Waals surface area contributed by atoms with Gasteiger partial charge in [0.05, 0.1) is 11.2 Å². The molecule has 0 aliphatic carbocycles. The average Bonchev–Trinajstić information content (AvgIpc) is 2.77. The van der Waals surface area contributed by atoms with Gasteiger partial charge in [-0.05, 0) is 57.4 Å². The number of nitriles is 1. The maximum Gasteiger partial charge on any atom is 0.147 e. The van der Waals surface area contributed by atoms with E-state index < -0.39 is 0 Å². The van der Waals surface area contributed by atoms with Crippen LogP contribution in [0.3, 0.4) is 0 Å². The lowest BCUT2D eigenvalue weighted by Crippen LogP contribution is -2.49. The molecule has 5 nitrogen and oxygen atoms in total. The third-order valence-electron chi connectivity index (χ3n) is 5.80. The van der Waals surface area contributed by atoms with Crippen molar-refractivity contribution in [2.24, 2.45) is 0 Å². The Morgan fingerprint density at radius 3 is 2.44 bits per heavy atom. The van der Waals surface area contributed by atoms with Crippen molar-refractivity contribution in [2.75, 3.05) is 23.3 Å². The van der Waals surface area contributed by atoms with Crippen molar-refractivity contribution in [3.63, 3.8) is 0 Å². The number of anilines is 2. The van der Waals surface area contributed by atoms with Crippen molar-refractivity contribution in [2.45, 2.75) is 51.7 Å². The maximum absolute atomic E-state index is 10.1. The zero-order valence-corrected chi connectivity index (χ0v) is 19.7. The van der Waals surface area contributed by atoms with Crippen molar-refractivity contribution < 1.29 is 0 Å². The molecule has 2 N–H and O–H groups in total. The molecule has 3 aromatic rings. The van der Waals surface area contributed by atoms with E-state index in [4.69, 9.17) is 16.6 Å². The topological polar surface area (TPSA) is 64.0 Å². The Bertz CT molecular complexity index is 1120. The molecule has 166 valence electrons. The molecule has 1 aromatic heterocycles. The summed E-state index contributed by atoms with van der Waals surface area (Å²) in [5.74, 6) is 0.631. The van der Waals surface area contributed by atoms with Crippen molar-refractivity contribution in [1.29, 1.82) is 5.26 Å². The van der Waals surface area contributed by atoms with Gasteiger partial charge in [0.2, 0.25) is 0 Å². The summed E-state index contributed by atoms with van der Waals surface area (Å²) >= 11 is 6.01. The van der Waals surface area contributed by atoms with Crippen LogP contribution in [0.5, 0.6) is 0 Å². The first-order chi connectivity index (χ1) is 15.3. The molecule has 1 saturated heterocycles. The Morgan fingerprint density at radius 1 is 1.09 bits per heavy atom. The summed E-state index contributed by atoms with van der Waals surface area (Å²) in [5, 5.41) is 19.0. The van der Waals surface area contributed by atoms with Gasteiger partial charge in [-0.1, -0.05) is 41.9 Å². The molecule has 1 aliphatic heterocycles. The van der Waals surface area contributed by atoms with Gasteiger partial charge >= 0.3 is 0 Å². The van der Waals surface area contributed by atoms with Crippen molar-refractivity contribution >= 4 is 34.0 Å². The molecular formula is C26H30ClN5. The fourth-order valence-corrected chi connectivity index (χ4v) is 4.53. The highest BCUT2D eigenvalue weighted by Gasteiger charge is 2.26. The van der Waals surface area contributed by atoms with Gasteiger partial charge in [0.25, 0.3) is 0 Å². The second-order valence-electron chi connectivity index (χ2n) is 9.45. The molecule has 1 aliphatic rings. The van der Waals surface area contributed by atoms with Crippen LogP contribution < -0.4 is 15.5 Å². The van der Waals surface area contributed by atoms with E-state index in [-0.39, 0.29) is 5.54 Å². The van der Waals surface area contributed by atoms with E-state index in [1.165, 1.54) is 0 Å². The SMILES string of the molecule is CC(C)(C)NC1CCN(c2c(C#N)c(NCc3ccc(Cl)cc3)nc3ccccc23)CC1. The summed E-state index contributed by atoms with van der Waals surface area (Å²) in [7, 11) is 0. The van der Waals surface area contributed by atoms with Crippen LogP contribution in [0.1, 0.15) is 44.7 Å². The van der Waals surface area contributed by atoms with E-state index in [1.807, 2.05) is 42.5 Å². The predicted octanol–water partition coefficient (Wildman–Crippen LogP) is 5.73. The predicted molar refractivity (Wildman–Crippen MR) is 133 cm³/mol. The molecule has 4 rings (SSSR count). The third-order valence-corrected chi connectivity index (χ3v) is 6.05. The number of piperidine rings is 1. The number of rotatable bonds is 5. The van der Waals surface area contributed by atoms with Gasteiger partial charge in [-0.15, -0.1) is 0 Å². The minimum absolute atomic E-state index is 0.104. The monoisotopic (exact) mass is 447 g/mol. The summed E-state index contributed by atoms with van der Waals surface area (Å²) in [4.78, 5) is 7.16. The van der Waals surface area contributed by atoms with Gasteiger partial charge in [-0.3, -0.25) is 0 Å². The number of hydrogen-bond acceptors (Lipinski definition) is 5. The minimum atomic E-state index is 0.104. The molecule has 0 saturated carbocycles. The number of para-hydroxylation sites is 1. The summed E-state index contributed by atoms with van der Waals surface area (Å²) in [5.41, 5.74) is 3.69. The number of aromatic nitrogens is 1. The highest BCUT2D eigenvalue weighted by atomic mass is 35.5. The van der Waals surface area contributed by atoms with E-state index in [0.717, 1.165) is 48.1 Å². The lowest BCUT2D eigenvalue weighted by atomic mass is 9.98. The highest BCUT2D eigenvalue weighted by molar-refractivity contribution is 6.30. The summed E-state index contributed by atoms with van der Waals surface area (Å²) in [6.45, 7) is 9.03.